The summed E-state index contributed by atoms with van der Waals surface area (Å²) in [5.74, 6) is 1.37. The minimum absolute atomic E-state index is 0.176. The van der Waals surface area contributed by atoms with Crippen LogP contribution in [0, 0.1) is 0 Å². The molecule has 1 aromatic carbocycles. The third kappa shape index (κ3) is 4.71. The van der Waals surface area contributed by atoms with Crippen LogP contribution in [0.15, 0.2) is 51.2 Å². The summed E-state index contributed by atoms with van der Waals surface area (Å²) in [6.45, 7) is 3.67. The molecule has 25 heavy (non-hydrogen) atoms. The van der Waals surface area contributed by atoms with E-state index >= 15 is 0 Å². The van der Waals surface area contributed by atoms with E-state index in [1.165, 1.54) is 23.1 Å². The van der Waals surface area contributed by atoms with Crippen molar-refractivity contribution in [3.8, 4) is 5.75 Å². The van der Waals surface area contributed by atoms with E-state index in [0.29, 0.717) is 15.2 Å². The first-order valence-electron chi connectivity index (χ1n) is 7.19. The number of hydrogen-bond acceptors (Lipinski definition) is 8. The van der Waals surface area contributed by atoms with Gasteiger partial charge in [-0.05, 0) is 35.5 Å². The summed E-state index contributed by atoms with van der Waals surface area (Å²) >= 11 is 4.21. The highest BCUT2D eigenvalue weighted by Gasteiger charge is 2.24. The lowest BCUT2D eigenvalue weighted by Gasteiger charge is -1.99. The lowest BCUT2D eigenvalue weighted by atomic mass is 10.2. The van der Waals surface area contributed by atoms with Gasteiger partial charge in [0, 0.05) is 5.75 Å². The van der Waals surface area contributed by atoms with Gasteiger partial charge in [0.05, 0.1) is 12.0 Å². The Labute approximate surface area is 157 Å². The Bertz CT molecular complexity index is 843. The fraction of sp³-hybridized carbons (Fsp3) is 0.125. The van der Waals surface area contributed by atoms with Crippen LogP contribution in [-0.2, 0) is 4.79 Å². The average molecular weight is 391 g/mol. The Morgan fingerprint density at radius 3 is 2.88 bits per heavy atom. The summed E-state index contributed by atoms with van der Waals surface area (Å²) < 4.78 is 5.95. The van der Waals surface area contributed by atoms with Crippen molar-refractivity contribution in [2.75, 3.05) is 12.9 Å². The van der Waals surface area contributed by atoms with E-state index in [4.69, 9.17) is 4.74 Å². The van der Waals surface area contributed by atoms with Crippen LogP contribution in [0.1, 0.15) is 5.56 Å². The number of carbonyl (C=O) groups excluding carboxylic acids is 1. The molecule has 2 aromatic rings. The van der Waals surface area contributed by atoms with E-state index in [2.05, 4.69) is 27.1 Å². The fourth-order valence-corrected chi connectivity index (χ4v) is 4.21. The zero-order valence-corrected chi connectivity index (χ0v) is 15.7. The van der Waals surface area contributed by atoms with Gasteiger partial charge in [0.15, 0.2) is 9.51 Å². The van der Waals surface area contributed by atoms with Crippen LogP contribution in [-0.4, -0.2) is 34.1 Å². The molecule has 1 fully saturated rings. The minimum Gasteiger partial charge on any atom is -0.497 e. The molecule has 1 saturated heterocycles. The first-order chi connectivity index (χ1) is 12.2. The molecule has 0 unspecified atom stereocenters. The Morgan fingerprint density at radius 1 is 1.36 bits per heavy atom. The van der Waals surface area contributed by atoms with Crippen LogP contribution in [0.25, 0.3) is 6.08 Å². The molecule has 3 rings (SSSR count). The van der Waals surface area contributed by atoms with Gasteiger partial charge in [-0.25, -0.2) is 0 Å². The van der Waals surface area contributed by atoms with Crippen molar-refractivity contribution in [1.29, 1.82) is 0 Å². The summed E-state index contributed by atoms with van der Waals surface area (Å²) in [6.07, 6.45) is 3.62. The number of aromatic nitrogens is 2. The maximum absolute atomic E-state index is 12.1. The molecule has 6 nitrogen and oxygen atoms in total. The maximum Gasteiger partial charge on any atom is 0.264 e. The van der Waals surface area contributed by atoms with E-state index in [1.807, 2.05) is 30.3 Å². The van der Waals surface area contributed by atoms with Crippen molar-refractivity contribution in [2.24, 2.45) is 4.99 Å². The molecule has 1 amide bonds. The van der Waals surface area contributed by atoms with Crippen molar-refractivity contribution >= 4 is 57.1 Å². The van der Waals surface area contributed by atoms with Crippen molar-refractivity contribution in [2.45, 2.75) is 4.34 Å². The Morgan fingerprint density at radius 2 is 2.16 bits per heavy atom. The van der Waals surface area contributed by atoms with Crippen LogP contribution in [0.2, 0.25) is 0 Å². The molecular formula is C16H14N4O2S3. The molecule has 1 aromatic heterocycles. The van der Waals surface area contributed by atoms with E-state index in [0.717, 1.165) is 21.4 Å². The lowest BCUT2D eigenvalue weighted by Crippen LogP contribution is -2.19. The number of ether oxygens (including phenoxy) is 1. The van der Waals surface area contributed by atoms with E-state index in [-0.39, 0.29) is 5.91 Å². The van der Waals surface area contributed by atoms with E-state index < -0.39 is 0 Å². The van der Waals surface area contributed by atoms with Gasteiger partial charge in [-0.2, -0.15) is 4.99 Å². The first-order valence-corrected chi connectivity index (χ1v) is 9.80. The zero-order valence-electron chi connectivity index (χ0n) is 13.3. The molecule has 1 aliphatic heterocycles. The van der Waals surface area contributed by atoms with Gasteiger partial charge in [-0.1, -0.05) is 41.3 Å². The molecule has 2 heterocycles. The highest BCUT2D eigenvalue weighted by Crippen LogP contribution is 2.31. The van der Waals surface area contributed by atoms with Crippen LogP contribution in [0.5, 0.6) is 5.75 Å². The molecule has 1 aliphatic rings. The smallest absolute Gasteiger partial charge is 0.264 e. The number of nitrogens with zero attached hydrogens (tertiary/aromatic N) is 3. The summed E-state index contributed by atoms with van der Waals surface area (Å²) in [7, 11) is 1.62. The normalized spacial score (nSPS) is 17.1. The van der Waals surface area contributed by atoms with Crippen LogP contribution < -0.4 is 10.1 Å². The SMILES string of the molecule is C=CCSc1nnc(/N=C2\NC(=O)/C(=C/c3ccc(OC)cc3)S2)s1. The zero-order chi connectivity index (χ0) is 17.6. The Hall–Kier alpha value is -2.10. The quantitative estimate of drug-likeness (QED) is 0.460. The van der Waals surface area contributed by atoms with Crippen molar-refractivity contribution < 1.29 is 9.53 Å². The van der Waals surface area contributed by atoms with Gasteiger partial charge in [0.1, 0.15) is 5.75 Å². The molecule has 0 radical (unpaired) electrons. The predicted octanol–water partition coefficient (Wildman–Crippen LogP) is 3.72. The van der Waals surface area contributed by atoms with Crippen molar-refractivity contribution in [1.82, 2.24) is 15.5 Å². The van der Waals surface area contributed by atoms with Gasteiger partial charge < -0.3 is 10.1 Å². The fourth-order valence-electron chi connectivity index (χ4n) is 1.86. The highest BCUT2D eigenvalue weighted by molar-refractivity contribution is 8.18. The van der Waals surface area contributed by atoms with Gasteiger partial charge in [-0.3, -0.25) is 4.79 Å². The number of nitrogens with one attached hydrogen (secondary N) is 1. The second-order valence-corrected chi connectivity index (χ2v) is 7.96. The Balaban J connectivity index is 1.71. The first kappa shape index (κ1) is 17.7. The molecule has 9 heteroatoms. The number of aliphatic imine (C=N–C) groups is 1. The van der Waals surface area contributed by atoms with E-state index in [1.54, 1.807) is 24.9 Å². The summed E-state index contributed by atoms with van der Waals surface area (Å²) in [5, 5.41) is 11.8. The van der Waals surface area contributed by atoms with Gasteiger partial charge >= 0.3 is 0 Å². The number of methoxy groups -OCH3 is 1. The molecule has 0 saturated carbocycles. The topological polar surface area (TPSA) is 76.5 Å². The highest BCUT2D eigenvalue weighted by atomic mass is 32.2. The summed E-state index contributed by atoms with van der Waals surface area (Å²) in [6, 6.07) is 7.48. The number of benzene rings is 1. The molecule has 0 aliphatic carbocycles. The summed E-state index contributed by atoms with van der Waals surface area (Å²) in [5.41, 5.74) is 0.915. The third-order valence-electron chi connectivity index (χ3n) is 2.98. The number of thioether (sulfide) groups is 2. The number of amidine groups is 1. The van der Waals surface area contributed by atoms with Crippen molar-refractivity contribution in [3.63, 3.8) is 0 Å². The summed E-state index contributed by atoms with van der Waals surface area (Å²) in [4.78, 5) is 17.0. The maximum atomic E-state index is 12.1. The standard InChI is InChI=1S/C16H14N4O2S3/c1-3-8-23-16-20-19-15(25-16)18-14-17-13(21)12(24-14)9-10-4-6-11(22-2)7-5-10/h3-7,9H,1,8H2,2H3,(H,17,18,19,21)/b12-9-. The lowest BCUT2D eigenvalue weighted by molar-refractivity contribution is -0.115. The molecule has 128 valence electrons. The van der Waals surface area contributed by atoms with Gasteiger partial charge in [0.2, 0.25) is 5.13 Å². The van der Waals surface area contributed by atoms with Crippen LogP contribution >= 0.6 is 34.9 Å². The van der Waals surface area contributed by atoms with Gasteiger partial charge in [0.25, 0.3) is 5.91 Å². The largest absolute Gasteiger partial charge is 0.497 e. The monoisotopic (exact) mass is 390 g/mol. The van der Waals surface area contributed by atoms with Gasteiger partial charge in [-0.15, -0.1) is 16.8 Å². The predicted molar refractivity (Wildman–Crippen MR) is 105 cm³/mol. The third-order valence-corrected chi connectivity index (χ3v) is 5.84. The molecule has 0 bridgehead atoms. The number of rotatable bonds is 6. The second kappa shape index (κ2) is 8.32. The Kier molecular flexibility index (Phi) is 5.90. The number of amides is 1. The number of hydrogen-bond donors (Lipinski definition) is 1. The van der Waals surface area contributed by atoms with E-state index in [9.17, 15) is 4.79 Å². The molecule has 0 atom stereocenters. The van der Waals surface area contributed by atoms with Crippen molar-refractivity contribution in [3.05, 3.63) is 47.4 Å². The van der Waals surface area contributed by atoms with Crippen LogP contribution in [0.4, 0.5) is 5.13 Å². The average Bonchev–Trinajstić information content (AvgIpc) is 3.20. The molecular weight excluding hydrogens is 376 g/mol. The molecule has 0 spiro atoms. The van der Waals surface area contributed by atoms with Crippen LogP contribution in [0.3, 0.4) is 0 Å². The second-order valence-electron chi connectivity index (χ2n) is 4.71. The molecule has 1 N–H and O–H groups in total. The minimum atomic E-state index is -0.176. The number of carbonyl (C=O) groups is 1.